The molecule has 1 aromatic carbocycles. The van der Waals surface area contributed by atoms with Crippen LogP contribution >= 0.6 is 0 Å². The number of anilines is 2. The number of piperazine rings is 1. The zero-order valence-corrected chi connectivity index (χ0v) is 17.3. The zero-order chi connectivity index (χ0) is 21.2. The van der Waals surface area contributed by atoms with Crippen LogP contribution < -0.4 is 19.7 Å². The summed E-state index contributed by atoms with van der Waals surface area (Å²) in [7, 11) is 0. The summed E-state index contributed by atoms with van der Waals surface area (Å²) in [4.78, 5) is 25.9. The molecule has 0 bridgehead atoms. The summed E-state index contributed by atoms with van der Waals surface area (Å²) >= 11 is 0. The van der Waals surface area contributed by atoms with Gasteiger partial charge in [-0.25, -0.2) is 14.8 Å². The fourth-order valence-corrected chi connectivity index (χ4v) is 3.78. The molecule has 4 heterocycles. The smallest absolute Gasteiger partial charge is 0.321 e. The molecule has 0 saturated carbocycles. The van der Waals surface area contributed by atoms with E-state index in [1.807, 2.05) is 59.1 Å². The lowest BCUT2D eigenvalue weighted by atomic mass is 10.2. The fourth-order valence-electron chi connectivity index (χ4n) is 3.78. The number of aromatic nitrogens is 3. The molecular weight excluding hydrogens is 396 g/mol. The van der Waals surface area contributed by atoms with Gasteiger partial charge in [-0.15, -0.1) is 0 Å². The largest absolute Gasteiger partial charge is 0.486 e. The molecule has 9 nitrogen and oxygen atoms in total. The Bertz CT molecular complexity index is 1080. The van der Waals surface area contributed by atoms with E-state index in [2.05, 4.69) is 20.2 Å². The highest BCUT2D eigenvalue weighted by molar-refractivity contribution is 5.90. The third kappa shape index (κ3) is 4.11. The molecule has 0 unspecified atom stereocenters. The van der Waals surface area contributed by atoms with E-state index >= 15 is 0 Å². The Labute approximate surface area is 180 Å². The van der Waals surface area contributed by atoms with E-state index in [0.717, 1.165) is 17.5 Å². The van der Waals surface area contributed by atoms with E-state index in [9.17, 15) is 4.79 Å². The van der Waals surface area contributed by atoms with Crippen molar-refractivity contribution in [3.8, 4) is 17.3 Å². The standard InChI is InChI=1S/C22H24N6O3/c1-16-23-20(26-6-2-3-7-26)15-21(24-16)27-8-10-28(11-9-27)22(29)25-17-4-5-18-19(14-17)31-13-12-30-18/h2-7,14-15H,8-13H2,1H3,(H,25,29). The van der Waals surface area contributed by atoms with Crippen molar-refractivity contribution in [1.82, 2.24) is 19.4 Å². The Morgan fingerprint density at radius 1 is 0.935 bits per heavy atom. The summed E-state index contributed by atoms with van der Waals surface area (Å²) in [5.41, 5.74) is 0.694. The van der Waals surface area contributed by atoms with Gasteiger partial charge in [-0.05, 0) is 31.2 Å². The molecule has 0 radical (unpaired) electrons. The summed E-state index contributed by atoms with van der Waals surface area (Å²) in [5.74, 6) is 3.80. The molecule has 2 amide bonds. The Balaban J connectivity index is 1.22. The van der Waals surface area contributed by atoms with Gasteiger partial charge in [0, 0.05) is 56.4 Å². The molecule has 1 N–H and O–H groups in total. The predicted octanol–water partition coefficient (Wildman–Crippen LogP) is 2.70. The van der Waals surface area contributed by atoms with Crippen LogP contribution in [0.4, 0.5) is 16.3 Å². The van der Waals surface area contributed by atoms with Gasteiger partial charge in [0.15, 0.2) is 11.5 Å². The molecular formula is C22H24N6O3. The number of urea groups is 1. The highest BCUT2D eigenvalue weighted by Gasteiger charge is 2.23. The number of carbonyl (C=O) groups excluding carboxylic acids is 1. The first kappa shape index (κ1) is 19.2. The first-order valence-corrected chi connectivity index (χ1v) is 10.4. The molecule has 160 valence electrons. The van der Waals surface area contributed by atoms with Crippen molar-refractivity contribution in [2.45, 2.75) is 6.92 Å². The number of hydrogen-bond donors (Lipinski definition) is 1. The van der Waals surface area contributed by atoms with E-state index < -0.39 is 0 Å². The molecule has 5 rings (SSSR count). The monoisotopic (exact) mass is 420 g/mol. The Morgan fingerprint density at radius 3 is 2.42 bits per heavy atom. The highest BCUT2D eigenvalue weighted by Crippen LogP contribution is 2.32. The second-order valence-corrected chi connectivity index (χ2v) is 7.48. The second kappa shape index (κ2) is 8.17. The number of benzene rings is 1. The number of hydrogen-bond acceptors (Lipinski definition) is 6. The minimum atomic E-state index is -0.122. The van der Waals surface area contributed by atoms with Gasteiger partial charge in [-0.3, -0.25) is 0 Å². The molecule has 31 heavy (non-hydrogen) atoms. The molecule has 2 aromatic heterocycles. The number of ether oxygens (including phenoxy) is 2. The number of carbonyl (C=O) groups is 1. The van der Waals surface area contributed by atoms with Gasteiger partial charge in [0.25, 0.3) is 0 Å². The van der Waals surface area contributed by atoms with E-state index in [4.69, 9.17) is 9.47 Å². The average molecular weight is 420 g/mol. The summed E-state index contributed by atoms with van der Waals surface area (Å²) in [6.07, 6.45) is 3.93. The van der Waals surface area contributed by atoms with Crippen LogP contribution in [-0.2, 0) is 0 Å². The van der Waals surface area contributed by atoms with Crippen molar-refractivity contribution >= 4 is 17.5 Å². The van der Waals surface area contributed by atoms with Gasteiger partial charge < -0.3 is 29.2 Å². The van der Waals surface area contributed by atoms with Crippen molar-refractivity contribution in [3.05, 3.63) is 54.6 Å². The van der Waals surface area contributed by atoms with Gasteiger partial charge in [0.05, 0.1) is 0 Å². The minimum Gasteiger partial charge on any atom is -0.486 e. The third-order valence-electron chi connectivity index (χ3n) is 5.36. The van der Waals surface area contributed by atoms with E-state index in [-0.39, 0.29) is 6.03 Å². The van der Waals surface area contributed by atoms with Crippen molar-refractivity contribution < 1.29 is 14.3 Å². The normalized spacial score (nSPS) is 15.6. The van der Waals surface area contributed by atoms with Crippen molar-refractivity contribution in [2.75, 3.05) is 49.6 Å². The Kier molecular flexibility index (Phi) is 5.07. The molecule has 1 fully saturated rings. The first-order chi connectivity index (χ1) is 15.2. The SMILES string of the molecule is Cc1nc(N2CCN(C(=O)Nc3ccc4c(c3)OCCO4)CC2)cc(-n2cccc2)n1. The van der Waals surface area contributed by atoms with Crippen molar-refractivity contribution in [2.24, 2.45) is 0 Å². The van der Waals surface area contributed by atoms with Crippen LogP contribution in [0, 0.1) is 6.92 Å². The Morgan fingerprint density at radius 2 is 1.65 bits per heavy atom. The lowest BCUT2D eigenvalue weighted by molar-refractivity contribution is 0.171. The number of nitrogens with one attached hydrogen (secondary N) is 1. The molecule has 0 atom stereocenters. The van der Waals surface area contributed by atoms with Gasteiger partial charge in [-0.1, -0.05) is 0 Å². The van der Waals surface area contributed by atoms with Crippen molar-refractivity contribution in [3.63, 3.8) is 0 Å². The van der Waals surface area contributed by atoms with Crippen LogP contribution in [0.15, 0.2) is 48.8 Å². The molecule has 0 aliphatic carbocycles. The van der Waals surface area contributed by atoms with Crippen LogP contribution in [0.3, 0.4) is 0 Å². The van der Waals surface area contributed by atoms with Gasteiger partial charge in [-0.2, -0.15) is 0 Å². The second-order valence-electron chi connectivity index (χ2n) is 7.48. The summed E-state index contributed by atoms with van der Waals surface area (Å²) < 4.78 is 13.1. The maximum atomic E-state index is 12.7. The minimum absolute atomic E-state index is 0.122. The number of fused-ring (bicyclic) bond motifs is 1. The average Bonchev–Trinajstić information content (AvgIpc) is 3.34. The molecule has 0 spiro atoms. The molecule has 3 aromatic rings. The molecule has 9 heteroatoms. The van der Waals surface area contributed by atoms with Crippen LogP contribution in [-0.4, -0.2) is 64.9 Å². The number of amides is 2. The summed E-state index contributed by atoms with van der Waals surface area (Å²) in [5, 5.41) is 2.96. The number of rotatable bonds is 3. The predicted molar refractivity (Wildman–Crippen MR) is 116 cm³/mol. The lowest BCUT2D eigenvalue weighted by Crippen LogP contribution is -2.50. The maximum absolute atomic E-state index is 12.7. The number of aryl methyl sites for hydroxylation is 1. The number of nitrogens with zero attached hydrogens (tertiary/aromatic N) is 5. The maximum Gasteiger partial charge on any atom is 0.321 e. The van der Waals surface area contributed by atoms with E-state index in [1.54, 1.807) is 6.07 Å². The molecule has 2 aliphatic heterocycles. The van der Waals surface area contributed by atoms with Crippen molar-refractivity contribution in [1.29, 1.82) is 0 Å². The van der Waals surface area contributed by atoms with Crippen LogP contribution in [0.1, 0.15) is 5.82 Å². The lowest BCUT2D eigenvalue weighted by Gasteiger charge is -2.35. The quantitative estimate of drug-likeness (QED) is 0.701. The zero-order valence-electron chi connectivity index (χ0n) is 17.3. The highest BCUT2D eigenvalue weighted by atomic mass is 16.6. The topological polar surface area (TPSA) is 84.8 Å². The van der Waals surface area contributed by atoms with Crippen LogP contribution in [0.25, 0.3) is 5.82 Å². The van der Waals surface area contributed by atoms with Crippen LogP contribution in [0.5, 0.6) is 11.5 Å². The third-order valence-corrected chi connectivity index (χ3v) is 5.36. The van der Waals surface area contributed by atoms with Crippen LogP contribution in [0.2, 0.25) is 0 Å². The fraction of sp³-hybridized carbons (Fsp3) is 0.318. The Hall–Kier alpha value is -3.75. The van der Waals surface area contributed by atoms with Gasteiger partial charge in [0.1, 0.15) is 30.7 Å². The summed E-state index contributed by atoms with van der Waals surface area (Å²) in [6, 6.07) is 11.2. The molecule has 1 saturated heterocycles. The van der Waals surface area contributed by atoms with E-state index in [0.29, 0.717) is 56.6 Å². The van der Waals surface area contributed by atoms with E-state index in [1.165, 1.54) is 0 Å². The first-order valence-electron chi connectivity index (χ1n) is 10.4. The summed E-state index contributed by atoms with van der Waals surface area (Å²) in [6.45, 7) is 5.58. The van der Waals surface area contributed by atoms with Gasteiger partial charge in [0.2, 0.25) is 0 Å². The molecule has 2 aliphatic rings. The van der Waals surface area contributed by atoms with Gasteiger partial charge >= 0.3 is 6.03 Å².